The highest BCUT2D eigenvalue weighted by Gasteiger charge is 2.33. The van der Waals surface area contributed by atoms with Gasteiger partial charge in [-0.05, 0) is 43.7 Å². The highest BCUT2D eigenvalue weighted by molar-refractivity contribution is 5.90. The topological polar surface area (TPSA) is 110 Å². The molecule has 1 aromatic heterocycles. The van der Waals surface area contributed by atoms with Gasteiger partial charge in [-0.15, -0.1) is 0 Å². The standard InChI is InChI=1S/C25H37N5O3/c1-17(2)22-20(23(32)29-28-22)16-19-10-8-18(9-11-19)6-5-7-21(31)27-25(3,4)24(33)30-14-12-26-13-15-30/h8-11,17,26H,5-7,12-16H2,1-4H3,(H,27,31)(H2,28,29,32). The Labute approximate surface area is 195 Å². The average Bonchev–Trinajstić information content (AvgIpc) is 3.15. The van der Waals surface area contributed by atoms with Crippen molar-refractivity contribution in [2.45, 2.75) is 64.8 Å². The van der Waals surface area contributed by atoms with Crippen LogP contribution < -0.4 is 16.2 Å². The van der Waals surface area contributed by atoms with E-state index >= 15 is 0 Å². The van der Waals surface area contributed by atoms with Crippen LogP contribution in [0.1, 0.15) is 68.8 Å². The van der Waals surface area contributed by atoms with E-state index in [1.54, 1.807) is 13.8 Å². The van der Waals surface area contributed by atoms with Gasteiger partial charge in [0.05, 0.1) is 0 Å². The molecule has 2 amide bonds. The fourth-order valence-electron chi connectivity index (χ4n) is 4.27. The minimum Gasteiger partial charge on any atom is -0.342 e. The molecule has 33 heavy (non-hydrogen) atoms. The first-order chi connectivity index (χ1) is 15.7. The highest BCUT2D eigenvalue weighted by atomic mass is 16.2. The lowest BCUT2D eigenvalue weighted by molar-refractivity contribution is -0.141. The number of benzene rings is 1. The Hall–Kier alpha value is -2.87. The van der Waals surface area contributed by atoms with E-state index in [1.807, 2.05) is 17.0 Å². The molecule has 1 aliphatic rings. The molecule has 4 N–H and O–H groups in total. The molecule has 8 nitrogen and oxygen atoms in total. The summed E-state index contributed by atoms with van der Waals surface area (Å²) in [6.45, 7) is 10.6. The molecular formula is C25H37N5O3. The Morgan fingerprint density at radius 2 is 1.70 bits per heavy atom. The summed E-state index contributed by atoms with van der Waals surface area (Å²) >= 11 is 0. The number of hydrogen-bond acceptors (Lipinski definition) is 4. The van der Waals surface area contributed by atoms with Crippen LogP contribution >= 0.6 is 0 Å². The van der Waals surface area contributed by atoms with Crippen LogP contribution in [0.3, 0.4) is 0 Å². The van der Waals surface area contributed by atoms with Gasteiger partial charge in [0, 0.05) is 50.3 Å². The number of nitrogens with one attached hydrogen (secondary N) is 4. The van der Waals surface area contributed by atoms with Crippen molar-refractivity contribution in [3.05, 3.63) is 57.0 Å². The zero-order chi connectivity index (χ0) is 24.0. The highest BCUT2D eigenvalue weighted by Crippen LogP contribution is 2.18. The predicted molar refractivity (Wildman–Crippen MR) is 129 cm³/mol. The van der Waals surface area contributed by atoms with Gasteiger partial charge in [0.1, 0.15) is 5.54 Å². The minimum absolute atomic E-state index is 0.0326. The second-order valence-corrected chi connectivity index (χ2v) is 9.69. The number of amides is 2. The molecule has 2 aromatic rings. The quantitative estimate of drug-likeness (QED) is 0.464. The zero-order valence-corrected chi connectivity index (χ0v) is 20.2. The van der Waals surface area contributed by atoms with E-state index in [1.165, 1.54) is 0 Å². The second kappa shape index (κ2) is 10.8. The number of nitrogens with zero attached hydrogens (tertiary/aromatic N) is 1. The number of aromatic amines is 2. The molecular weight excluding hydrogens is 418 g/mol. The van der Waals surface area contributed by atoms with Crippen LogP contribution in [0.15, 0.2) is 29.1 Å². The predicted octanol–water partition coefficient (Wildman–Crippen LogP) is 2.07. The number of rotatable bonds is 9. The van der Waals surface area contributed by atoms with Crippen LogP contribution in [0, 0.1) is 0 Å². The summed E-state index contributed by atoms with van der Waals surface area (Å²) in [5.41, 5.74) is 3.00. The van der Waals surface area contributed by atoms with Crippen molar-refractivity contribution in [3.63, 3.8) is 0 Å². The average molecular weight is 456 g/mol. The summed E-state index contributed by atoms with van der Waals surface area (Å²) in [6, 6.07) is 8.20. The summed E-state index contributed by atoms with van der Waals surface area (Å²) in [4.78, 5) is 39.1. The van der Waals surface area contributed by atoms with Crippen molar-refractivity contribution >= 4 is 11.8 Å². The van der Waals surface area contributed by atoms with Gasteiger partial charge in [0.2, 0.25) is 11.8 Å². The van der Waals surface area contributed by atoms with E-state index in [0.29, 0.717) is 32.4 Å². The lowest BCUT2D eigenvalue weighted by Crippen LogP contribution is -2.59. The molecule has 0 unspecified atom stereocenters. The summed E-state index contributed by atoms with van der Waals surface area (Å²) in [6.07, 6.45) is 2.45. The first-order valence-electron chi connectivity index (χ1n) is 11.9. The normalized spacial score (nSPS) is 14.5. The molecule has 8 heteroatoms. The summed E-state index contributed by atoms with van der Waals surface area (Å²) in [5, 5.41) is 11.8. The van der Waals surface area contributed by atoms with E-state index < -0.39 is 5.54 Å². The Morgan fingerprint density at radius 3 is 2.33 bits per heavy atom. The third-order valence-corrected chi connectivity index (χ3v) is 6.15. The molecule has 0 bridgehead atoms. The third-order valence-electron chi connectivity index (χ3n) is 6.15. The van der Waals surface area contributed by atoms with Gasteiger partial charge in [0.25, 0.3) is 5.56 Å². The molecule has 0 atom stereocenters. The molecule has 1 fully saturated rings. The lowest BCUT2D eigenvalue weighted by atomic mass is 9.98. The Morgan fingerprint density at radius 1 is 1.06 bits per heavy atom. The molecule has 3 rings (SSSR count). The monoisotopic (exact) mass is 455 g/mol. The van der Waals surface area contributed by atoms with Crippen molar-refractivity contribution in [2.75, 3.05) is 26.2 Å². The first-order valence-corrected chi connectivity index (χ1v) is 11.9. The fraction of sp³-hybridized carbons (Fsp3) is 0.560. The largest absolute Gasteiger partial charge is 0.342 e. The van der Waals surface area contributed by atoms with E-state index in [9.17, 15) is 14.4 Å². The number of piperazine rings is 1. The SMILES string of the molecule is CC(C)c1[nH][nH]c(=O)c1Cc1ccc(CCCC(=O)NC(C)(C)C(=O)N2CCNCC2)cc1. The number of carbonyl (C=O) groups excluding carboxylic acids is 2. The molecule has 0 spiro atoms. The smallest absolute Gasteiger partial charge is 0.267 e. The van der Waals surface area contributed by atoms with Gasteiger partial charge < -0.3 is 20.6 Å². The van der Waals surface area contributed by atoms with Crippen LogP contribution in [-0.4, -0.2) is 58.6 Å². The molecule has 180 valence electrons. The number of hydrogen-bond donors (Lipinski definition) is 4. The maximum absolute atomic E-state index is 12.7. The van der Waals surface area contributed by atoms with Gasteiger partial charge in [0.15, 0.2) is 0 Å². The van der Waals surface area contributed by atoms with E-state index in [4.69, 9.17) is 0 Å². The van der Waals surface area contributed by atoms with Gasteiger partial charge in [-0.1, -0.05) is 38.1 Å². The van der Waals surface area contributed by atoms with Crippen LogP contribution in [0.4, 0.5) is 0 Å². The number of carbonyl (C=O) groups is 2. The molecule has 1 aliphatic heterocycles. The van der Waals surface area contributed by atoms with Crippen LogP contribution in [0.2, 0.25) is 0 Å². The minimum atomic E-state index is -0.902. The fourth-order valence-corrected chi connectivity index (χ4v) is 4.27. The molecule has 0 saturated carbocycles. The Kier molecular flexibility index (Phi) is 8.13. The van der Waals surface area contributed by atoms with E-state index in [2.05, 4.69) is 46.8 Å². The van der Waals surface area contributed by atoms with Gasteiger partial charge in [-0.25, -0.2) is 0 Å². The summed E-state index contributed by atoms with van der Waals surface area (Å²) < 4.78 is 0. The molecule has 0 radical (unpaired) electrons. The maximum Gasteiger partial charge on any atom is 0.267 e. The number of aryl methyl sites for hydroxylation is 1. The van der Waals surface area contributed by atoms with Crippen molar-refractivity contribution in [1.29, 1.82) is 0 Å². The van der Waals surface area contributed by atoms with Crippen LogP contribution in [0.25, 0.3) is 0 Å². The summed E-state index contributed by atoms with van der Waals surface area (Å²) in [5.74, 6) is 0.115. The maximum atomic E-state index is 12.7. The van der Waals surface area contributed by atoms with Gasteiger partial charge in [-0.2, -0.15) is 0 Å². The molecule has 1 saturated heterocycles. The third kappa shape index (κ3) is 6.57. The molecule has 2 heterocycles. The second-order valence-electron chi connectivity index (χ2n) is 9.69. The number of aromatic nitrogens is 2. The lowest BCUT2D eigenvalue weighted by Gasteiger charge is -2.35. The van der Waals surface area contributed by atoms with Crippen molar-refractivity contribution in [3.8, 4) is 0 Å². The van der Waals surface area contributed by atoms with Crippen LogP contribution in [0.5, 0.6) is 0 Å². The molecule has 1 aromatic carbocycles. The van der Waals surface area contributed by atoms with Gasteiger partial charge in [-0.3, -0.25) is 19.5 Å². The number of H-pyrrole nitrogens is 2. The first kappa shape index (κ1) is 24.8. The van der Waals surface area contributed by atoms with Crippen molar-refractivity contribution in [2.24, 2.45) is 0 Å². The van der Waals surface area contributed by atoms with E-state index in [-0.39, 0.29) is 23.3 Å². The summed E-state index contributed by atoms with van der Waals surface area (Å²) in [7, 11) is 0. The Bertz CT molecular complexity index is 998. The van der Waals surface area contributed by atoms with E-state index in [0.717, 1.165) is 41.9 Å². The molecule has 0 aliphatic carbocycles. The van der Waals surface area contributed by atoms with Crippen molar-refractivity contribution in [1.82, 2.24) is 25.7 Å². The van der Waals surface area contributed by atoms with Crippen LogP contribution in [-0.2, 0) is 22.4 Å². The van der Waals surface area contributed by atoms with Crippen molar-refractivity contribution < 1.29 is 9.59 Å². The zero-order valence-electron chi connectivity index (χ0n) is 20.2. The van der Waals surface area contributed by atoms with Gasteiger partial charge >= 0.3 is 0 Å². The Balaban J connectivity index is 1.47.